The predicted molar refractivity (Wildman–Crippen MR) is 81.2 cm³/mol. The zero-order chi connectivity index (χ0) is 14.1. The molecule has 3 aromatic rings. The summed E-state index contributed by atoms with van der Waals surface area (Å²) in [4.78, 5) is 12.4. The first-order valence-electron chi connectivity index (χ1n) is 6.04. The van der Waals surface area contributed by atoms with Gasteiger partial charge in [0.2, 0.25) is 0 Å². The molecule has 0 bridgehead atoms. The van der Waals surface area contributed by atoms with E-state index in [1.807, 2.05) is 37.3 Å². The number of fused-ring (bicyclic) bond motifs is 1. The van der Waals surface area contributed by atoms with Crippen LogP contribution in [0.3, 0.4) is 0 Å². The molecule has 0 aliphatic heterocycles. The van der Waals surface area contributed by atoms with Gasteiger partial charge in [0.25, 0.3) is 0 Å². The summed E-state index contributed by atoms with van der Waals surface area (Å²) >= 11 is 5.90. The molecule has 3 rings (SSSR count). The second kappa shape index (κ2) is 4.94. The minimum atomic E-state index is 0.234. The van der Waals surface area contributed by atoms with Crippen molar-refractivity contribution in [3.05, 3.63) is 47.5 Å². The van der Waals surface area contributed by atoms with Gasteiger partial charge in [-0.25, -0.2) is 9.97 Å². The summed E-state index contributed by atoms with van der Waals surface area (Å²) in [6.07, 6.45) is 1.37. The Morgan fingerprint density at radius 2 is 2.00 bits per heavy atom. The Bertz CT molecular complexity index is 788. The quantitative estimate of drug-likeness (QED) is 0.706. The summed E-state index contributed by atoms with van der Waals surface area (Å²) in [6.45, 7) is 1.94. The third-order valence-electron chi connectivity index (χ3n) is 2.93. The third kappa shape index (κ3) is 2.23. The van der Waals surface area contributed by atoms with Crippen LogP contribution in [0.4, 0.5) is 17.2 Å². The Hall–Kier alpha value is -2.40. The van der Waals surface area contributed by atoms with Crippen molar-refractivity contribution in [3.63, 3.8) is 0 Å². The molecule has 0 saturated carbocycles. The average molecular weight is 286 g/mol. The van der Waals surface area contributed by atoms with Gasteiger partial charge in [-0.2, -0.15) is 0 Å². The topological polar surface area (TPSA) is 76.7 Å². The van der Waals surface area contributed by atoms with E-state index in [1.54, 1.807) is 0 Å². The van der Waals surface area contributed by atoms with Crippen LogP contribution >= 0.6 is 11.6 Å². The number of anilines is 3. The van der Waals surface area contributed by atoms with E-state index in [4.69, 9.17) is 17.3 Å². The normalized spacial score (nSPS) is 10.7. The van der Waals surface area contributed by atoms with Crippen molar-refractivity contribution in [1.82, 2.24) is 15.0 Å². The second-order valence-corrected chi connectivity index (χ2v) is 4.74. The van der Waals surface area contributed by atoms with Crippen LogP contribution in [0, 0.1) is 6.92 Å². The van der Waals surface area contributed by atoms with Crippen LogP contribution in [0.1, 0.15) is 5.69 Å². The molecule has 0 atom stereocenters. The van der Waals surface area contributed by atoms with Gasteiger partial charge >= 0.3 is 0 Å². The van der Waals surface area contributed by atoms with E-state index >= 15 is 0 Å². The number of aromatic nitrogens is 3. The lowest BCUT2D eigenvalue weighted by Gasteiger charge is -2.11. The molecule has 0 spiro atoms. The van der Waals surface area contributed by atoms with Crippen LogP contribution in [0.5, 0.6) is 0 Å². The monoisotopic (exact) mass is 285 g/mol. The number of aryl methyl sites for hydroxylation is 1. The van der Waals surface area contributed by atoms with Gasteiger partial charge in [-0.3, -0.25) is 4.98 Å². The molecule has 20 heavy (non-hydrogen) atoms. The Balaban J connectivity index is 2.13. The molecule has 2 aromatic heterocycles. The zero-order valence-corrected chi connectivity index (χ0v) is 11.5. The lowest BCUT2D eigenvalue weighted by Crippen LogP contribution is -2.02. The molecule has 0 unspecified atom stereocenters. The van der Waals surface area contributed by atoms with Gasteiger partial charge in [-0.1, -0.05) is 29.8 Å². The second-order valence-electron chi connectivity index (χ2n) is 4.38. The van der Waals surface area contributed by atoms with Crippen molar-refractivity contribution >= 4 is 39.7 Å². The molecule has 3 N–H and O–H groups in total. The number of rotatable bonds is 2. The Kier molecular flexibility index (Phi) is 3.12. The number of hydrogen-bond acceptors (Lipinski definition) is 5. The van der Waals surface area contributed by atoms with Crippen LogP contribution in [-0.2, 0) is 0 Å². The van der Waals surface area contributed by atoms with Crippen molar-refractivity contribution in [1.29, 1.82) is 0 Å². The lowest BCUT2D eigenvalue weighted by molar-refractivity contribution is 1.17. The van der Waals surface area contributed by atoms with Crippen molar-refractivity contribution < 1.29 is 0 Å². The molecular formula is C14H12ClN5. The maximum atomic E-state index is 5.90. The molecule has 0 amide bonds. The van der Waals surface area contributed by atoms with Crippen LogP contribution < -0.4 is 11.1 Å². The largest absolute Gasteiger partial charge is 0.393 e. The van der Waals surface area contributed by atoms with E-state index in [9.17, 15) is 0 Å². The molecule has 6 heteroatoms. The van der Waals surface area contributed by atoms with Crippen LogP contribution in [-0.4, -0.2) is 15.0 Å². The molecule has 0 radical (unpaired) electrons. The first kappa shape index (κ1) is 12.6. The van der Waals surface area contributed by atoms with Crippen LogP contribution in [0.15, 0.2) is 36.7 Å². The highest BCUT2D eigenvalue weighted by Crippen LogP contribution is 2.29. The maximum Gasteiger partial charge on any atom is 0.158 e. The number of nitrogens with zero attached hydrogens (tertiary/aromatic N) is 3. The van der Waals surface area contributed by atoms with Gasteiger partial charge in [0, 0.05) is 11.1 Å². The molecule has 0 saturated heterocycles. The number of nitrogens with one attached hydrogen (secondary N) is 1. The SMILES string of the molecule is Cc1cc(Nc2ncnc(Cl)c2N)c2ccccc2n1. The van der Waals surface area contributed by atoms with Gasteiger partial charge in [0.1, 0.15) is 12.0 Å². The van der Waals surface area contributed by atoms with Crippen molar-refractivity contribution in [2.45, 2.75) is 6.92 Å². The smallest absolute Gasteiger partial charge is 0.158 e. The number of nitrogen functional groups attached to an aromatic ring is 1. The molecule has 0 fully saturated rings. The summed E-state index contributed by atoms with van der Waals surface area (Å²) in [5, 5.41) is 4.42. The predicted octanol–water partition coefficient (Wildman–Crippen LogP) is 3.31. The molecule has 0 aliphatic carbocycles. The van der Waals surface area contributed by atoms with Gasteiger partial charge < -0.3 is 11.1 Å². The highest BCUT2D eigenvalue weighted by atomic mass is 35.5. The summed E-state index contributed by atoms with van der Waals surface area (Å²) in [5.41, 5.74) is 8.91. The first-order chi connectivity index (χ1) is 9.65. The fourth-order valence-electron chi connectivity index (χ4n) is 2.01. The van der Waals surface area contributed by atoms with Gasteiger partial charge in [-0.15, -0.1) is 0 Å². The number of para-hydroxylation sites is 1. The van der Waals surface area contributed by atoms with E-state index in [0.717, 1.165) is 22.3 Å². The van der Waals surface area contributed by atoms with Crippen molar-refractivity contribution in [2.24, 2.45) is 0 Å². The summed E-state index contributed by atoms with van der Waals surface area (Å²) in [6, 6.07) is 9.81. The fourth-order valence-corrected chi connectivity index (χ4v) is 2.15. The molecular weight excluding hydrogens is 274 g/mol. The molecule has 5 nitrogen and oxygen atoms in total. The molecule has 0 aliphatic rings. The van der Waals surface area contributed by atoms with Crippen molar-refractivity contribution in [3.8, 4) is 0 Å². The maximum absolute atomic E-state index is 5.90. The average Bonchev–Trinajstić information content (AvgIpc) is 2.43. The minimum Gasteiger partial charge on any atom is -0.393 e. The van der Waals surface area contributed by atoms with E-state index in [2.05, 4.69) is 20.3 Å². The van der Waals surface area contributed by atoms with E-state index < -0.39 is 0 Å². The Labute approximate surface area is 120 Å². The van der Waals surface area contributed by atoms with Crippen LogP contribution in [0.25, 0.3) is 10.9 Å². The Morgan fingerprint density at radius 1 is 1.20 bits per heavy atom. The lowest BCUT2D eigenvalue weighted by atomic mass is 10.1. The van der Waals surface area contributed by atoms with Gasteiger partial charge in [0.15, 0.2) is 11.0 Å². The highest BCUT2D eigenvalue weighted by Gasteiger charge is 2.09. The van der Waals surface area contributed by atoms with Gasteiger partial charge in [0.05, 0.1) is 11.2 Å². The number of hydrogen-bond donors (Lipinski definition) is 2. The fraction of sp³-hybridized carbons (Fsp3) is 0.0714. The third-order valence-corrected chi connectivity index (χ3v) is 3.23. The number of benzene rings is 1. The van der Waals surface area contributed by atoms with Gasteiger partial charge in [-0.05, 0) is 19.1 Å². The minimum absolute atomic E-state index is 0.234. The van der Waals surface area contributed by atoms with Crippen LogP contribution in [0.2, 0.25) is 5.15 Å². The molecule has 100 valence electrons. The number of nitrogens with two attached hydrogens (primary N) is 1. The molecule has 2 heterocycles. The summed E-state index contributed by atoms with van der Waals surface area (Å²) in [5.74, 6) is 0.487. The van der Waals surface area contributed by atoms with E-state index in [1.165, 1.54) is 6.33 Å². The molecule has 1 aromatic carbocycles. The van der Waals surface area contributed by atoms with Crippen molar-refractivity contribution in [2.75, 3.05) is 11.1 Å². The summed E-state index contributed by atoms with van der Waals surface area (Å²) < 4.78 is 0. The number of halogens is 1. The zero-order valence-electron chi connectivity index (χ0n) is 10.8. The van der Waals surface area contributed by atoms with E-state index in [-0.39, 0.29) is 5.15 Å². The first-order valence-corrected chi connectivity index (χ1v) is 6.42. The highest BCUT2D eigenvalue weighted by molar-refractivity contribution is 6.32. The standard InChI is InChI=1S/C14H12ClN5/c1-8-6-11(9-4-2-3-5-10(9)19-8)20-14-12(16)13(15)17-7-18-14/h2-7H,16H2,1H3,(H,17,18,19,20). The Morgan fingerprint density at radius 3 is 2.85 bits per heavy atom. The summed E-state index contributed by atoms with van der Waals surface area (Å²) in [7, 11) is 0. The van der Waals surface area contributed by atoms with E-state index in [0.29, 0.717) is 11.5 Å². The number of pyridine rings is 1.